The summed E-state index contributed by atoms with van der Waals surface area (Å²) < 4.78 is 29.1. The van der Waals surface area contributed by atoms with Gasteiger partial charge in [0.15, 0.2) is 0 Å². The number of nitrogens with one attached hydrogen (secondary N) is 1. The van der Waals surface area contributed by atoms with Gasteiger partial charge in [-0.2, -0.15) is 9.65 Å². The van der Waals surface area contributed by atoms with E-state index in [4.69, 9.17) is 11.0 Å². The zero-order valence-electron chi connectivity index (χ0n) is 16.4. The van der Waals surface area contributed by atoms with Crippen LogP contribution in [0, 0.1) is 23.1 Å². The summed E-state index contributed by atoms with van der Waals surface area (Å²) in [5.74, 6) is -1.69. The first-order valence-corrected chi connectivity index (χ1v) is 9.27. The Labute approximate surface area is 176 Å². The van der Waals surface area contributed by atoms with E-state index < -0.39 is 23.2 Å². The Bertz CT molecular complexity index is 1270. The van der Waals surface area contributed by atoms with Gasteiger partial charge in [0.1, 0.15) is 23.4 Å². The average Bonchev–Trinajstić information content (AvgIpc) is 2.76. The lowest BCUT2D eigenvalue weighted by Gasteiger charge is -2.32. The molecular formula is C22H16F2N6O. The predicted octanol–water partition coefficient (Wildman–Crippen LogP) is 3.06. The van der Waals surface area contributed by atoms with Crippen LogP contribution in [0.5, 0.6) is 0 Å². The van der Waals surface area contributed by atoms with Gasteiger partial charge in [-0.05, 0) is 43.3 Å². The fraction of sp³-hybridized carbons (Fsp3) is 0.136. The van der Waals surface area contributed by atoms with Crippen molar-refractivity contribution in [1.29, 1.82) is 5.26 Å². The highest BCUT2D eigenvalue weighted by molar-refractivity contribution is 6.03. The summed E-state index contributed by atoms with van der Waals surface area (Å²) in [4.78, 5) is 24.5. The van der Waals surface area contributed by atoms with Gasteiger partial charge in [0.25, 0.3) is 5.91 Å². The maximum Gasteiger partial charge on any atom is 0.274 e. The van der Waals surface area contributed by atoms with Crippen LogP contribution in [0.1, 0.15) is 39.7 Å². The van der Waals surface area contributed by atoms with Crippen molar-refractivity contribution < 1.29 is 13.6 Å². The van der Waals surface area contributed by atoms with Gasteiger partial charge in [0, 0.05) is 41.2 Å². The lowest BCUT2D eigenvalue weighted by molar-refractivity contribution is 0.102. The first-order chi connectivity index (χ1) is 14.8. The monoisotopic (exact) mass is 418 g/mol. The number of aromatic nitrogens is 2. The van der Waals surface area contributed by atoms with Crippen molar-refractivity contribution in [2.45, 2.75) is 18.9 Å². The SMILES string of the molecule is CC1(c2cc(NC(=O)c3ccc(C#N)cn3)ccc2F)Cc2c(ccnc2F)C(N)=N1. The van der Waals surface area contributed by atoms with Gasteiger partial charge in [-0.3, -0.25) is 9.79 Å². The average molecular weight is 418 g/mol. The summed E-state index contributed by atoms with van der Waals surface area (Å²) in [5, 5.41) is 11.5. The summed E-state index contributed by atoms with van der Waals surface area (Å²) in [6, 6.07) is 10.4. The Morgan fingerprint density at radius 3 is 2.74 bits per heavy atom. The van der Waals surface area contributed by atoms with Gasteiger partial charge >= 0.3 is 0 Å². The molecule has 0 radical (unpaired) electrons. The van der Waals surface area contributed by atoms with E-state index in [0.29, 0.717) is 16.8 Å². The Kier molecular flexibility index (Phi) is 4.91. The Balaban J connectivity index is 1.67. The standard InChI is InChI=1S/C22H16F2N6O/c1-22(9-15-14(20(26)30-22)6-7-27-19(15)24)16-8-13(3-4-17(16)23)29-21(31)18-5-2-12(10-25)11-28-18/h2-8,11H,9H2,1H3,(H2,26,30)(H,29,31). The van der Waals surface area contributed by atoms with Crippen LogP contribution >= 0.6 is 0 Å². The van der Waals surface area contributed by atoms with E-state index in [-0.39, 0.29) is 29.1 Å². The van der Waals surface area contributed by atoms with Crippen LogP contribution in [0.2, 0.25) is 0 Å². The normalized spacial score (nSPS) is 17.3. The summed E-state index contributed by atoms with van der Waals surface area (Å²) in [6.45, 7) is 1.64. The second kappa shape index (κ2) is 7.57. The third-order valence-electron chi connectivity index (χ3n) is 5.10. The predicted molar refractivity (Wildman–Crippen MR) is 109 cm³/mol. The molecule has 1 aliphatic rings. The maximum absolute atomic E-state index is 14.8. The molecule has 0 fully saturated rings. The minimum absolute atomic E-state index is 0.0498. The summed E-state index contributed by atoms with van der Waals surface area (Å²) >= 11 is 0. The number of hydrogen-bond donors (Lipinski definition) is 2. The number of rotatable bonds is 3. The van der Waals surface area contributed by atoms with Crippen molar-refractivity contribution in [2.24, 2.45) is 10.7 Å². The summed E-state index contributed by atoms with van der Waals surface area (Å²) in [6.07, 6.45) is 2.63. The minimum Gasteiger partial charge on any atom is -0.383 e. The van der Waals surface area contributed by atoms with Crippen molar-refractivity contribution in [2.75, 3.05) is 5.32 Å². The number of nitrogens with two attached hydrogens (primary N) is 1. The van der Waals surface area contributed by atoms with Gasteiger partial charge in [-0.15, -0.1) is 0 Å². The number of pyridine rings is 2. The van der Waals surface area contributed by atoms with Gasteiger partial charge in [0.05, 0.1) is 11.1 Å². The molecule has 1 amide bonds. The number of anilines is 1. The van der Waals surface area contributed by atoms with Gasteiger partial charge < -0.3 is 11.1 Å². The van der Waals surface area contributed by atoms with E-state index in [9.17, 15) is 13.6 Å². The van der Waals surface area contributed by atoms with Crippen LogP contribution < -0.4 is 11.1 Å². The molecular weight excluding hydrogens is 402 g/mol. The molecule has 0 spiro atoms. The first-order valence-electron chi connectivity index (χ1n) is 9.27. The molecule has 31 heavy (non-hydrogen) atoms. The Morgan fingerprint density at radius 1 is 1.23 bits per heavy atom. The molecule has 0 aliphatic carbocycles. The molecule has 0 saturated heterocycles. The number of aliphatic imine (C=N–C) groups is 1. The lowest BCUT2D eigenvalue weighted by Crippen LogP contribution is -2.35. The van der Waals surface area contributed by atoms with E-state index in [2.05, 4.69) is 20.3 Å². The second-order valence-electron chi connectivity index (χ2n) is 7.27. The number of nitrogens with zero attached hydrogens (tertiary/aromatic N) is 4. The molecule has 9 heteroatoms. The highest BCUT2D eigenvalue weighted by atomic mass is 19.1. The van der Waals surface area contributed by atoms with Gasteiger partial charge in [-0.1, -0.05) is 0 Å². The van der Waals surface area contributed by atoms with E-state index in [1.807, 2.05) is 6.07 Å². The maximum atomic E-state index is 14.8. The molecule has 1 atom stereocenters. The summed E-state index contributed by atoms with van der Waals surface area (Å²) in [5.41, 5.74) is 6.39. The molecule has 4 rings (SSSR count). The van der Waals surface area contributed by atoms with Crippen LogP contribution in [-0.2, 0) is 12.0 Å². The highest BCUT2D eigenvalue weighted by Crippen LogP contribution is 2.37. The topological polar surface area (TPSA) is 117 Å². The molecule has 154 valence electrons. The van der Waals surface area contributed by atoms with Crippen molar-refractivity contribution in [3.63, 3.8) is 0 Å². The number of benzene rings is 1. The molecule has 0 bridgehead atoms. The van der Waals surface area contributed by atoms with Crippen LogP contribution in [0.3, 0.4) is 0 Å². The summed E-state index contributed by atoms with van der Waals surface area (Å²) in [7, 11) is 0. The number of halogens is 2. The van der Waals surface area contributed by atoms with E-state index in [0.717, 1.165) is 0 Å². The number of fused-ring (bicyclic) bond motifs is 1. The third-order valence-corrected chi connectivity index (χ3v) is 5.10. The number of carbonyl (C=O) groups excluding carboxylic acids is 1. The molecule has 1 unspecified atom stereocenters. The number of amidine groups is 1. The molecule has 1 aromatic carbocycles. The molecule has 3 heterocycles. The molecule has 2 aromatic heterocycles. The fourth-order valence-corrected chi connectivity index (χ4v) is 3.55. The largest absolute Gasteiger partial charge is 0.383 e. The Morgan fingerprint density at radius 2 is 2.03 bits per heavy atom. The molecule has 0 saturated carbocycles. The third kappa shape index (κ3) is 3.71. The molecule has 7 nitrogen and oxygen atoms in total. The van der Waals surface area contributed by atoms with Crippen LogP contribution in [0.15, 0.2) is 53.8 Å². The zero-order chi connectivity index (χ0) is 22.2. The minimum atomic E-state index is -1.20. The van der Waals surface area contributed by atoms with Crippen molar-refractivity contribution in [3.8, 4) is 6.07 Å². The second-order valence-corrected chi connectivity index (χ2v) is 7.27. The fourth-order valence-electron chi connectivity index (χ4n) is 3.55. The first kappa shape index (κ1) is 20.1. The van der Waals surface area contributed by atoms with Crippen LogP contribution in [0.4, 0.5) is 14.5 Å². The quantitative estimate of drug-likeness (QED) is 0.634. The van der Waals surface area contributed by atoms with Crippen molar-refractivity contribution in [3.05, 3.63) is 88.5 Å². The molecule has 3 aromatic rings. The van der Waals surface area contributed by atoms with Crippen LogP contribution in [-0.4, -0.2) is 21.7 Å². The van der Waals surface area contributed by atoms with E-state index in [1.54, 1.807) is 13.0 Å². The molecule has 3 N–H and O–H groups in total. The zero-order valence-corrected chi connectivity index (χ0v) is 16.4. The van der Waals surface area contributed by atoms with Crippen LogP contribution in [0.25, 0.3) is 0 Å². The van der Waals surface area contributed by atoms with Crippen molar-refractivity contribution >= 4 is 17.4 Å². The smallest absolute Gasteiger partial charge is 0.274 e. The number of nitriles is 1. The highest BCUT2D eigenvalue weighted by Gasteiger charge is 2.36. The van der Waals surface area contributed by atoms with Crippen molar-refractivity contribution in [1.82, 2.24) is 9.97 Å². The Hall–Kier alpha value is -4.19. The lowest BCUT2D eigenvalue weighted by atomic mass is 9.82. The van der Waals surface area contributed by atoms with E-state index >= 15 is 0 Å². The van der Waals surface area contributed by atoms with E-state index in [1.165, 1.54) is 42.7 Å². The van der Waals surface area contributed by atoms with Gasteiger partial charge in [0.2, 0.25) is 5.95 Å². The molecule has 1 aliphatic heterocycles. The van der Waals surface area contributed by atoms with Gasteiger partial charge in [-0.25, -0.2) is 14.4 Å². The number of amides is 1. The number of hydrogen-bond acceptors (Lipinski definition) is 6. The number of carbonyl (C=O) groups is 1.